The molecule has 346 valence electrons. The number of hydrogen-bond donors (Lipinski definition) is 5. The molecule has 5 N–H and O–H groups in total. The lowest BCUT2D eigenvalue weighted by Gasteiger charge is -2.33. The Balaban J connectivity index is 0.000000239. The third kappa shape index (κ3) is 17.0. The zero-order valence-electron chi connectivity index (χ0n) is 35.4. The van der Waals surface area contributed by atoms with Crippen LogP contribution in [0.25, 0.3) is 0 Å². The normalized spacial score (nSPS) is 14.3. The fourth-order valence-corrected chi connectivity index (χ4v) is 8.96. The average Bonchev–Trinajstić information content (AvgIpc) is 3.93. The Morgan fingerprint density at radius 3 is 1.41 bits per heavy atom. The van der Waals surface area contributed by atoms with Gasteiger partial charge in [-0.25, -0.2) is 14.4 Å². The van der Waals surface area contributed by atoms with Crippen LogP contribution in [-0.2, 0) is 69.0 Å². The maximum Gasteiger partial charge on any atom is 0.327 e. The number of carboxylic acids is 4. The summed E-state index contributed by atoms with van der Waals surface area (Å²) in [6.07, 6.45) is 1.63. The predicted octanol–water partition coefficient (Wildman–Crippen LogP) is 7.11. The van der Waals surface area contributed by atoms with E-state index in [9.17, 15) is 33.6 Å². The fraction of sp³-hybridized carbons (Fsp3) is 0.386. The van der Waals surface area contributed by atoms with E-state index < -0.39 is 47.9 Å². The van der Waals surface area contributed by atoms with Crippen LogP contribution in [0, 0.1) is 0 Å². The number of carboxylic acid groups (broad SMARTS) is 4. The third-order valence-corrected chi connectivity index (χ3v) is 12.5. The van der Waals surface area contributed by atoms with Gasteiger partial charge in [-0.3, -0.25) is 29.0 Å². The first kappa shape index (κ1) is 53.0. The van der Waals surface area contributed by atoms with E-state index in [1.54, 1.807) is 22.7 Å². The number of benzene rings is 2. The summed E-state index contributed by atoms with van der Waals surface area (Å²) < 4.78 is 10.0. The molecule has 20 heteroatoms. The summed E-state index contributed by atoms with van der Waals surface area (Å²) in [5, 5.41) is 40.4. The Hall–Kier alpha value is -5.37. The zero-order valence-corrected chi connectivity index (χ0v) is 38.5. The molecule has 6 rings (SSSR count). The summed E-state index contributed by atoms with van der Waals surface area (Å²) in [7, 11) is 2.85. The molecule has 16 nitrogen and oxygen atoms in total. The lowest BCUT2D eigenvalue weighted by Crippen LogP contribution is -2.39. The number of nitrogens with zero attached hydrogens (tertiary/aromatic N) is 2. The van der Waals surface area contributed by atoms with E-state index in [1.807, 2.05) is 48.5 Å². The van der Waals surface area contributed by atoms with Gasteiger partial charge in [0.15, 0.2) is 0 Å². The fourth-order valence-electron chi connectivity index (χ4n) is 6.71. The lowest BCUT2D eigenvalue weighted by atomic mass is 10.0. The second-order valence-electron chi connectivity index (χ2n) is 14.2. The van der Waals surface area contributed by atoms with E-state index in [2.05, 4.69) is 38.0 Å². The number of nitrogens with one attached hydrogen (secondary N) is 1. The minimum absolute atomic E-state index is 0.0632. The van der Waals surface area contributed by atoms with Crippen LogP contribution in [0.5, 0.6) is 0 Å². The van der Waals surface area contributed by atoms with Crippen LogP contribution in [0.15, 0.2) is 71.4 Å². The first-order chi connectivity index (χ1) is 30.5. The van der Waals surface area contributed by atoms with Crippen molar-refractivity contribution in [3.63, 3.8) is 0 Å². The average molecular weight is 965 g/mol. The second kappa shape index (κ2) is 27.1. The van der Waals surface area contributed by atoms with Gasteiger partial charge in [0.2, 0.25) is 5.91 Å². The molecule has 4 aromatic rings. The maximum absolute atomic E-state index is 12.3. The van der Waals surface area contributed by atoms with Crippen molar-refractivity contribution < 1.29 is 63.5 Å². The van der Waals surface area contributed by atoms with Crippen LogP contribution >= 0.6 is 45.9 Å². The first-order valence-corrected chi connectivity index (χ1v) is 22.4. The number of hydrogen-bond acceptors (Lipinski definition) is 13. The van der Waals surface area contributed by atoms with Gasteiger partial charge in [-0.1, -0.05) is 59.6 Å². The molecule has 2 aromatic carbocycles. The summed E-state index contributed by atoms with van der Waals surface area (Å²) in [4.78, 5) is 82.3. The summed E-state index contributed by atoms with van der Waals surface area (Å²) >= 11 is 16.1. The monoisotopic (exact) mass is 963 g/mol. The highest BCUT2D eigenvalue weighted by atomic mass is 35.5. The first-order valence-electron chi connectivity index (χ1n) is 19.9. The Morgan fingerprint density at radius 2 is 1.06 bits per heavy atom. The topological polar surface area (TPSA) is 237 Å². The van der Waals surface area contributed by atoms with Gasteiger partial charge in [-0.2, -0.15) is 0 Å². The molecule has 3 atom stereocenters. The molecule has 2 aromatic heterocycles. The standard InChI is InChI=1S/2C16H16ClNO2S.C7H11NO5.C5H8O4/c2*1-20-16(19)15(12-4-2-3-5-13(12)17)18-8-6-14-11(10-18)7-9-21-14;1-4(9)8-5(7(12)13)2-3-6(10)11;6-4(7)2-1-3-5(8)9/h2*2-5,7,9,15H,6,8,10H2,1H3;5H,2-3H2,1H3,(H,8,9)(H,10,11)(H,12,13);1-3H2,(H,6,7)(H,8,9)/t2*15-;5-;/m000./s1. The highest BCUT2D eigenvalue weighted by Gasteiger charge is 2.34. The molecule has 0 fully saturated rings. The quantitative estimate of drug-likeness (QED) is 0.0746. The molecule has 4 heterocycles. The van der Waals surface area contributed by atoms with Crippen molar-refractivity contribution in [3.8, 4) is 0 Å². The molecule has 0 bridgehead atoms. The summed E-state index contributed by atoms with van der Waals surface area (Å²) in [6, 6.07) is 17.2. The molecule has 1 amide bonds. The Labute approximate surface area is 388 Å². The SMILES string of the molecule is CC(=O)N[C@@H](CCC(=O)O)C(=O)O.COC(=O)[C@H](c1ccccc1Cl)N1CCc2sccc2C1.COC(=O)[C@H](c1ccccc1Cl)N1CCc2sccc2C1.O=C(O)CCCC(=O)O. The molecular formula is C44H51Cl2N3O13S2. The van der Waals surface area contributed by atoms with Crippen LogP contribution in [0.2, 0.25) is 10.0 Å². The van der Waals surface area contributed by atoms with Crippen molar-refractivity contribution in [2.24, 2.45) is 0 Å². The molecule has 0 unspecified atom stereocenters. The second-order valence-corrected chi connectivity index (χ2v) is 17.1. The molecule has 0 radical (unpaired) electrons. The number of ether oxygens (including phenoxy) is 2. The maximum atomic E-state index is 12.3. The highest BCUT2D eigenvalue weighted by molar-refractivity contribution is 7.10. The highest BCUT2D eigenvalue weighted by Crippen LogP contribution is 2.35. The van der Waals surface area contributed by atoms with Crippen LogP contribution in [0.4, 0.5) is 0 Å². The number of amides is 1. The van der Waals surface area contributed by atoms with E-state index >= 15 is 0 Å². The summed E-state index contributed by atoms with van der Waals surface area (Å²) in [6.45, 7) is 4.35. The number of carbonyl (C=O) groups excluding carboxylic acids is 3. The number of fused-ring (bicyclic) bond motifs is 2. The number of halogens is 2. The number of thiophene rings is 2. The Kier molecular flexibility index (Phi) is 22.4. The number of esters is 2. The van der Waals surface area contributed by atoms with Crippen molar-refractivity contribution in [2.45, 2.75) is 83.1 Å². The van der Waals surface area contributed by atoms with Crippen LogP contribution in [-0.4, -0.2) is 105 Å². The van der Waals surface area contributed by atoms with Crippen molar-refractivity contribution in [3.05, 3.63) is 113 Å². The minimum atomic E-state index is -1.23. The van der Waals surface area contributed by atoms with Gasteiger partial charge in [0.25, 0.3) is 0 Å². The lowest BCUT2D eigenvalue weighted by molar-refractivity contribution is -0.148. The van der Waals surface area contributed by atoms with E-state index in [-0.39, 0.29) is 44.0 Å². The molecule has 0 aliphatic carbocycles. The smallest absolute Gasteiger partial charge is 0.327 e. The summed E-state index contributed by atoms with van der Waals surface area (Å²) in [5.41, 5.74) is 4.22. The van der Waals surface area contributed by atoms with E-state index in [1.165, 1.54) is 42.0 Å². The molecular weight excluding hydrogens is 914 g/mol. The van der Waals surface area contributed by atoms with Crippen molar-refractivity contribution in [1.82, 2.24) is 15.1 Å². The van der Waals surface area contributed by atoms with Crippen LogP contribution < -0.4 is 5.32 Å². The number of rotatable bonds is 15. The van der Waals surface area contributed by atoms with Crippen molar-refractivity contribution in [1.29, 1.82) is 0 Å². The van der Waals surface area contributed by atoms with Gasteiger partial charge in [0.1, 0.15) is 18.1 Å². The molecule has 0 spiro atoms. The number of aliphatic carboxylic acids is 4. The molecule has 2 aliphatic heterocycles. The van der Waals surface area contributed by atoms with Gasteiger partial charge in [-0.05, 0) is 83.0 Å². The van der Waals surface area contributed by atoms with Gasteiger partial charge >= 0.3 is 35.8 Å². The minimum Gasteiger partial charge on any atom is -0.481 e. The van der Waals surface area contributed by atoms with Crippen molar-refractivity contribution in [2.75, 3.05) is 27.3 Å². The van der Waals surface area contributed by atoms with Gasteiger partial charge < -0.3 is 35.2 Å². The third-order valence-electron chi connectivity index (χ3n) is 9.76. The van der Waals surface area contributed by atoms with Gasteiger partial charge in [0, 0.05) is 72.2 Å². The van der Waals surface area contributed by atoms with Crippen LogP contribution in [0.3, 0.4) is 0 Å². The largest absolute Gasteiger partial charge is 0.481 e. The van der Waals surface area contributed by atoms with Crippen molar-refractivity contribution >= 4 is 87.6 Å². The number of carbonyl (C=O) groups is 7. The Morgan fingerprint density at radius 1 is 0.656 bits per heavy atom. The van der Waals surface area contributed by atoms with E-state index in [4.69, 9.17) is 53.1 Å². The predicted molar refractivity (Wildman–Crippen MR) is 241 cm³/mol. The summed E-state index contributed by atoms with van der Waals surface area (Å²) in [5.74, 6) is -5.22. The van der Waals surface area contributed by atoms with Gasteiger partial charge in [0.05, 0.1) is 14.2 Å². The molecule has 0 saturated heterocycles. The Bertz CT molecular complexity index is 2090. The zero-order chi connectivity index (χ0) is 47.3. The van der Waals surface area contributed by atoms with E-state index in [0.29, 0.717) is 10.0 Å². The molecule has 0 saturated carbocycles. The molecule has 64 heavy (non-hydrogen) atoms. The van der Waals surface area contributed by atoms with E-state index in [0.717, 1.165) is 50.1 Å². The van der Waals surface area contributed by atoms with Crippen LogP contribution in [0.1, 0.15) is 83.1 Å². The van der Waals surface area contributed by atoms with Gasteiger partial charge in [-0.15, -0.1) is 22.7 Å². The molecule has 2 aliphatic rings. The number of methoxy groups -OCH3 is 2.